The van der Waals surface area contributed by atoms with Crippen LogP contribution >= 0.6 is 0 Å². The molecule has 1 N–H and O–H groups in total. The van der Waals surface area contributed by atoms with Gasteiger partial charge in [0.15, 0.2) is 0 Å². The molecule has 3 heteroatoms. The van der Waals surface area contributed by atoms with Crippen LogP contribution in [0.3, 0.4) is 0 Å². The van der Waals surface area contributed by atoms with Gasteiger partial charge in [0.25, 0.3) is 0 Å². The van der Waals surface area contributed by atoms with Crippen LogP contribution in [0.25, 0.3) is 0 Å². The maximum absolute atomic E-state index is 4.58. The number of nitrogens with one attached hydrogen (secondary N) is 1. The van der Waals surface area contributed by atoms with Crippen molar-refractivity contribution in [3.63, 3.8) is 0 Å². The summed E-state index contributed by atoms with van der Waals surface area (Å²) in [6, 6.07) is 2.58. The molecule has 90 valence electrons. The van der Waals surface area contributed by atoms with E-state index in [2.05, 4.69) is 56.0 Å². The Morgan fingerprint density at radius 1 is 1.19 bits per heavy atom. The summed E-state index contributed by atoms with van der Waals surface area (Å²) in [7, 11) is 0. The molecule has 0 aromatic carbocycles. The van der Waals surface area contributed by atoms with Crippen molar-refractivity contribution in [2.24, 2.45) is 0 Å². The van der Waals surface area contributed by atoms with Gasteiger partial charge < -0.3 is 5.32 Å². The van der Waals surface area contributed by atoms with Gasteiger partial charge in [-0.25, -0.2) is 9.97 Å². The van der Waals surface area contributed by atoms with Crippen molar-refractivity contribution in [2.45, 2.75) is 59.5 Å². The SMILES string of the molecule is CCc1cc(C(C)C)nc(CNC(C)C)n1. The van der Waals surface area contributed by atoms with E-state index in [1.807, 2.05) is 0 Å². The summed E-state index contributed by atoms with van der Waals surface area (Å²) in [5.41, 5.74) is 2.28. The zero-order valence-electron chi connectivity index (χ0n) is 11.0. The number of aromatic nitrogens is 2. The topological polar surface area (TPSA) is 37.8 Å². The fourth-order valence-corrected chi connectivity index (χ4v) is 1.43. The van der Waals surface area contributed by atoms with Crippen LogP contribution in [-0.2, 0) is 13.0 Å². The molecular weight excluding hydrogens is 198 g/mol. The Balaban J connectivity index is 2.86. The first-order valence-corrected chi connectivity index (χ1v) is 6.13. The van der Waals surface area contributed by atoms with Crippen LogP contribution in [0.1, 0.15) is 57.7 Å². The Labute approximate surface area is 98.7 Å². The van der Waals surface area contributed by atoms with Gasteiger partial charge in [0.1, 0.15) is 5.82 Å². The number of hydrogen-bond acceptors (Lipinski definition) is 3. The maximum Gasteiger partial charge on any atom is 0.142 e. The first-order chi connectivity index (χ1) is 7.52. The number of rotatable bonds is 5. The standard InChI is InChI=1S/C13H23N3/c1-6-11-7-12(9(2)3)16-13(15-11)8-14-10(4)5/h7,9-10,14H,6,8H2,1-5H3. The maximum atomic E-state index is 4.58. The third-order valence-electron chi connectivity index (χ3n) is 2.47. The van der Waals surface area contributed by atoms with Crippen molar-refractivity contribution < 1.29 is 0 Å². The first kappa shape index (κ1) is 13.1. The summed E-state index contributed by atoms with van der Waals surface area (Å²) in [5, 5.41) is 3.35. The normalized spacial score (nSPS) is 11.4. The van der Waals surface area contributed by atoms with Crippen molar-refractivity contribution in [1.29, 1.82) is 0 Å². The molecule has 0 amide bonds. The van der Waals surface area contributed by atoms with Gasteiger partial charge in [-0.2, -0.15) is 0 Å². The van der Waals surface area contributed by atoms with Crippen molar-refractivity contribution in [3.8, 4) is 0 Å². The molecule has 0 atom stereocenters. The largest absolute Gasteiger partial charge is 0.308 e. The second kappa shape index (κ2) is 5.94. The predicted octanol–water partition coefficient (Wildman–Crippen LogP) is 2.66. The van der Waals surface area contributed by atoms with Crippen LogP contribution in [0.5, 0.6) is 0 Å². The highest BCUT2D eigenvalue weighted by molar-refractivity contribution is 5.14. The van der Waals surface area contributed by atoms with E-state index in [1.165, 1.54) is 0 Å². The van der Waals surface area contributed by atoms with E-state index < -0.39 is 0 Å². The minimum absolute atomic E-state index is 0.464. The van der Waals surface area contributed by atoms with Crippen LogP contribution in [0.4, 0.5) is 0 Å². The molecule has 1 rings (SSSR count). The van der Waals surface area contributed by atoms with E-state index in [4.69, 9.17) is 0 Å². The molecule has 0 spiro atoms. The van der Waals surface area contributed by atoms with Crippen LogP contribution in [0, 0.1) is 0 Å². The molecule has 0 aliphatic rings. The molecule has 1 heterocycles. The van der Waals surface area contributed by atoms with Crippen molar-refractivity contribution in [3.05, 3.63) is 23.3 Å². The van der Waals surface area contributed by atoms with Gasteiger partial charge >= 0.3 is 0 Å². The molecular formula is C13H23N3. The lowest BCUT2D eigenvalue weighted by Gasteiger charge is -2.11. The summed E-state index contributed by atoms with van der Waals surface area (Å²) in [4.78, 5) is 9.11. The lowest BCUT2D eigenvalue weighted by atomic mass is 10.1. The Morgan fingerprint density at radius 2 is 1.88 bits per heavy atom. The molecule has 3 nitrogen and oxygen atoms in total. The molecule has 0 aliphatic heterocycles. The number of nitrogens with zero attached hydrogens (tertiary/aromatic N) is 2. The third kappa shape index (κ3) is 3.89. The van der Waals surface area contributed by atoms with Crippen LogP contribution in [0.15, 0.2) is 6.07 Å². The number of aryl methyl sites for hydroxylation is 1. The smallest absolute Gasteiger partial charge is 0.142 e. The molecule has 0 aliphatic carbocycles. The molecule has 0 bridgehead atoms. The molecule has 16 heavy (non-hydrogen) atoms. The van der Waals surface area contributed by atoms with Crippen molar-refractivity contribution >= 4 is 0 Å². The fourth-order valence-electron chi connectivity index (χ4n) is 1.43. The van der Waals surface area contributed by atoms with Crippen LogP contribution < -0.4 is 5.32 Å². The predicted molar refractivity (Wildman–Crippen MR) is 67.5 cm³/mol. The van der Waals surface area contributed by atoms with E-state index in [1.54, 1.807) is 0 Å². The zero-order valence-corrected chi connectivity index (χ0v) is 11.0. The van der Waals surface area contributed by atoms with Crippen LogP contribution in [0.2, 0.25) is 0 Å². The average molecular weight is 221 g/mol. The van der Waals surface area contributed by atoms with Gasteiger partial charge in [0, 0.05) is 17.4 Å². The Bertz CT molecular complexity index is 332. The third-order valence-corrected chi connectivity index (χ3v) is 2.47. The molecule has 1 aromatic heterocycles. The lowest BCUT2D eigenvalue weighted by molar-refractivity contribution is 0.567. The second-order valence-corrected chi connectivity index (χ2v) is 4.74. The summed E-state index contributed by atoms with van der Waals surface area (Å²) in [5.74, 6) is 1.38. The first-order valence-electron chi connectivity index (χ1n) is 6.13. The molecule has 1 aromatic rings. The fraction of sp³-hybridized carbons (Fsp3) is 0.692. The highest BCUT2D eigenvalue weighted by Gasteiger charge is 2.07. The zero-order chi connectivity index (χ0) is 12.1. The van der Waals surface area contributed by atoms with Gasteiger partial charge in [0.05, 0.1) is 6.54 Å². The molecule has 0 radical (unpaired) electrons. The highest BCUT2D eigenvalue weighted by Crippen LogP contribution is 2.13. The summed E-state index contributed by atoms with van der Waals surface area (Å²) in [6.07, 6.45) is 0.969. The Hall–Kier alpha value is -0.960. The molecule has 0 fully saturated rings. The monoisotopic (exact) mass is 221 g/mol. The molecule has 0 saturated carbocycles. The van der Waals surface area contributed by atoms with E-state index >= 15 is 0 Å². The summed E-state index contributed by atoms with van der Waals surface area (Å²) < 4.78 is 0. The Morgan fingerprint density at radius 3 is 2.38 bits per heavy atom. The van der Waals surface area contributed by atoms with E-state index in [0.29, 0.717) is 12.0 Å². The van der Waals surface area contributed by atoms with Crippen LogP contribution in [-0.4, -0.2) is 16.0 Å². The minimum Gasteiger partial charge on any atom is -0.308 e. The Kier molecular flexibility index (Phi) is 4.87. The van der Waals surface area contributed by atoms with Gasteiger partial charge in [-0.3, -0.25) is 0 Å². The number of hydrogen-bond donors (Lipinski definition) is 1. The molecule has 0 unspecified atom stereocenters. The van der Waals surface area contributed by atoms with Crippen molar-refractivity contribution in [1.82, 2.24) is 15.3 Å². The lowest BCUT2D eigenvalue weighted by Crippen LogP contribution is -2.23. The van der Waals surface area contributed by atoms with Gasteiger partial charge in [-0.1, -0.05) is 34.6 Å². The summed E-state index contributed by atoms with van der Waals surface area (Å²) >= 11 is 0. The minimum atomic E-state index is 0.464. The van der Waals surface area contributed by atoms with Gasteiger partial charge in [-0.05, 0) is 18.4 Å². The quantitative estimate of drug-likeness (QED) is 0.830. The van der Waals surface area contributed by atoms with E-state index in [-0.39, 0.29) is 0 Å². The van der Waals surface area contributed by atoms with Crippen molar-refractivity contribution in [2.75, 3.05) is 0 Å². The van der Waals surface area contributed by atoms with E-state index in [0.717, 1.165) is 30.2 Å². The molecule has 0 saturated heterocycles. The average Bonchev–Trinajstić information content (AvgIpc) is 2.25. The van der Waals surface area contributed by atoms with Gasteiger partial charge in [-0.15, -0.1) is 0 Å². The highest BCUT2D eigenvalue weighted by atomic mass is 15.0. The van der Waals surface area contributed by atoms with Gasteiger partial charge in [0.2, 0.25) is 0 Å². The van der Waals surface area contributed by atoms with E-state index in [9.17, 15) is 0 Å². The second-order valence-electron chi connectivity index (χ2n) is 4.74. The summed E-state index contributed by atoms with van der Waals surface area (Å²) in [6.45, 7) is 11.5.